The Kier molecular flexibility index (Phi) is 4.78. The first kappa shape index (κ1) is 18.0. The molecule has 1 aliphatic carbocycles. The molecule has 1 saturated heterocycles. The van der Waals surface area contributed by atoms with Gasteiger partial charge < -0.3 is 9.64 Å². The second kappa shape index (κ2) is 7.72. The Morgan fingerprint density at radius 2 is 1.55 bits per heavy atom. The highest BCUT2D eigenvalue weighted by Crippen LogP contribution is 2.41. The molecule has 0 saturated carbocycles. The predicted molar refractivity (Wildman–Crippen MR) is 117 cm³/mol. The number of ether oxygens (including phenoxy) is 1. The molecule has 0 bridgehead atoms. The highest BCUT2D eigenvalue weighted by molar-refractivity contribution is 5.80. The van der Waals surface area contributed by atoms with Gasteiger partial charge in [-0.05, 0) is 28.8 Å². The molecule has 3 aromatic rings. The number of hydrogen-bond donors (Lipinski definition) is 1. The minimum atomic E-state index is 0.437. The summed E-state index contributed by atoms with van der Waals surface area (Å²) in [7, 11) is 1.69. The summed E-state index contributed by atoms with van der Waals surface area (Å²) in [6, 6.07) is 26.2. The number of hydrazone groups is 1. The zero-order valence-corrected chi connectivity index (χ0v) is 16.7. The van der Waals surface area contributed by atoms with E-state index in [0.29, 0.717) is 6.04 Å². The lowest BCUT2D eigenvalue weighted by Crippen LogP contribution is -3.14. The zero-order chi connectivity index (χ0) is 19.6. The van der Waals surface area contributed by atoms with Crippen LogP contribution >= 0.6 is 0 Å². The van der Waals surface area contributed by atoms with Gasteiger partial charge in [-0.15, -0.1) is 0 Å². The van der Waals surface area contributed by atoms with Crippen LogP contribution in [0.3, 0.4) is 0 Å². The zero-order valence-electron chi connectivity index (χ0n) is 16.7. The van der Waals surface area contributed by atoms with Crippen LogP contribution in [-0.4, -0.2) is 44.5 Å². The lowest BCUT2D eigenvalue weighted by atomic mass is 10.0. The summed E-state index contributed by atoms with van der Waals surface area (Å²) in [5, 5.41) is 6.91. The largest absolute Gasteiger partial charge is 0.497 e. The summed E-state index contributed by atoms with van der Waals surface area (Å²) in [4.78, 5) is 1.63. The molecular weight excluding hydrogens is 358 g/mol. The monoisotopic (exact) mass is 384 g/mol. The number of nitrogens with one attached hydrogen (secondary N) is 1. The summed E-state index contributed by atoms with van der Waals surface area (Å²) >= 11 is 0. The van der Waals surface area contributed by atoms with E-state index in [2.05, 4.69) is 59.6 Å². The van der Waals surface area contributed by atoms with E-state index in [4.69, 9.17) is 9.84 Å². The van der Waals surface area contributed by atoms with Gasteiger partial charge in [0, 0.05) is 11.1 Å². The molecule has 2 aliphatic rings. The Morgan fingerprint density at radius 3 is 2.21 bits per heavy atom. The standard InChI is InChI=1S/C25H25N3O/c1-29-20-8-6-7-19(17-20)18-26-28-15-13-27(14-16-28)25-23-11-4-2-9-21(23)22-10-3-5-12-24(22)25/h2-12,17-18,25H,13-16H2,1H3/p+1/b26-18-. The van der Waals surface area contributed by atoms with Crippen LogP contribution in [-0.2, 0) is 0 Å². The highest BCUT2D eigenvalue weighted by atomic mass is 16.5. The number of rotatable bonds is 4. The smallest absolute Gasteiger partial charge is 0.140 e. The van der Waals surface area contributed by atoms with Crippen molar-refractivity contribution in [3.05, 3.63) is 89.5 Å². The van der Waals surface area contributed by atoms with Crippen LogP contribution in [0.2, 0.25) is 0 Å². The number of quaternary nitrogens is 1. The van der Waals surface area contributed by atoms with E-state index in [1.165, 1.54) is 22.3 Å². The third kappa shape index (κ3) is 3.40. The SMILES string of the molecule is COc1cccc(/C=N\N2CC[NH+](C3c4ccccc4-c4ccccc43)CC2)c1. The molecule has 0 aromatic heterocycles. The Bertz CT molecular complexity index is 992. The molecular formula is C25H26N3O+. The van der Waals surface area contributed by atoms with Gasteiger partial charge in [-0.2, -0.15) is 5.10 Å². The van der Waals surface area contributed by atoms with Gasteiger partial charge in [0.25, 0.3) is 0 Å². The molecule has 5 rings (SSSR count). The maximum atomic E-state index is 5.30. The second-order valence-corrected chi connectivity index (χ2v) is 7.74. The molecule has 29 heavy (non-hydrogen) atoms. The summed E-state index contributed by atoms with van der Waals surface area (Å²) in [6.45, 7) is 4.11. The fourth-order valence-electron chi connectivity index (χ4n) is 4.65. The van der Waals surface area contributed by atoms with Crippen LogP contribution in [0, 0.1) is 0 Å². The number of methoxy groups -OCH3 is 1. The average molecular weight is 385 g/mol. The molecule has 1 heterocycles. The first-order valence-corrected chi connectivity index (χ1v) is 10.3. The molecule has 0 unspecified atom stereocenters. The molecule has 4 heteroatoms. The van der Waals surface area contributed by atoms with Crippen molar-refractivity contribution < 1.29 is 9.64 Å². The maximum absolute atomic E-state index is 5.30. The van der Waals surface area contributed by atoms with E-state index in [9.17, 15) is 0 Å². The number of hydrogen-bond acceptors (Lipinski definition) is 3. The van der Waals surface area contributed by atoms with Crippen molar-refractivity contribution in [2.75, 3.05) is 33.3 Å². The van der Waals surface area contributed by atoms with Crippen LogP contribution in [0.25, 0.3) is 11.1 Å². The number of nitrogens with zero attached hydrogens (tertiary/aromatic N) is 2. The van der Waals surface area contributed by atoms with Crippen molar-refractivity contribution in [1.82, 2.24) is 5.01 Å². The maximum Gasteiger partial charge on any atom is 0.140 e. The lowest BCUT2D eigenvalue weighted by Gasteiger charge is -2.34. The van der Waals surface area contributed by atoms with Crippen molar-refractivity contribution in [2.24, 2.45) is 5.10 Å². The minimum Gasteiger partial charge on any atom is -0.497 e. The van der Waals surface area contributed by atoms with E-state index in [0.717, 1.165) is 37.5 Å². The van der Waals surface area contributed by atoms with Gasteiger partial charge in [0.2, 0.25) is 0 Å². The quantitative estimate of drug-likeness (QED) is 0.701. The molecule has 0 atom stereocenters. The van der Waals surface area contributed by atoms with E-state index < -0.39 is 0 Å². The van der Waals surface area contributed by atoms with Gasteiger partial charge in [-0.1, -0.05) is 60.7 Å². The summed E-state index contributed by atoms with van der Waals surface area (Å²) in [5.74, 6) is 0.863. The predicted octanol–water partition coefficient (Wildman–Crippen LogP) is 3.00. The molecule has 146 valence electrons. The third-order valence-electron chi connectivity index (χ3n) is 6.09. The fourth-order valence-corrected chi connectivity index (χ4v) is 4.65. The molecule has 4 nitrogen and oxygen atoms in total. The second-order valence-electron chi connectivity index (χ2n) is 7.74. The number of fused-ring (bicyclic) bond motifs is 3. The van der Waals surface area contributed by atoms with Gasteiger partial charge in [-0.25, -0.2) is 0 Å². The van der Waals surface area contributed by atoms with Crippen LogP contribution in [0.5, 0.6) is 5.75 Å². The van der Waals surface area contributed by atoms with Gasteiger partial charge in [0.05, 0.1) is 39.5 Å². The van der Waals surface area contributed by atoms with Crippen molar-refractivity contribution in [3.63, 3.8) is 0 Å². The molecule has 3 aromatic carbocycles. The summed E-state index contributed by atoms with van der Waals surface area (Å²) in [5.41, 5.74) is 6.81. The molecule has 0 radical (unpaired) electrons. The van der Waals surface area contributed by atoms with Crippen LogP contribution < -0.4 is 9.64 Å². The lowest BCUT2D eigenvalue weighted by molar-refractivity contribution is -0.929. The summed E-state index contributed by atoms with van der Waals surface area (Å²) < 4.78 is 5.30. The van der Waals surface area contributed by atoms with E-state index >= 15 is 0 Å². The Labute approximate surface area is 172 Å². The van der Waals surface area contributed by atoms with E-state index in [1.807, 2.05) is 24.4 Å². The van der Waals surface area contributed by atoms with Crippen molar-refractivity contribution >= 4 is 6.21 Å². The Hall–Kier alpha value is -3.11. The molecule has 1 fully saturated rings. The fraction of sp³-hybridized carbons (Fsp3) is 0.240. The van der Waals surface area contributed by atoms with Crippen molar-refractivity contribution in [2.45, 2.75) is 6.04 Å². The third-order valence-corrected chi connectivity index (χ3v) is 6.09. The first-order chi connectivity index (χ1) is 14.3. The van der Waals surface area contributed by atoms with Crippen molar-refractivity contribution in [1.29, 1.82) is 0 Å². The molecule has 0 amide bonds. The average Bonchev–Trinajstić information content (AvgIpc) is 3.13. The summed E-state index contributed by atoms with van der Waals surface area (Å²) in [6.07, 6.45) is 1.94. The van der Waals surface area contributed by atoms with E-state index in [-0.39, 0.29) is 0 Å². The minimum absolute atomic E-state index is 0.437. The Balaban J connectivity index is 1.30. The first-order valence-electron chi connectivity index (χ1n) is 10.3. The molecule has 1 aliphatic heterocycles. The van der Waals surface area contributed by atoms with Crippen LogP contribution in [0.15, 0.2) is 77.9 Å². The van der Waals surface area contributed by atoms with Gasteiger partial charge in [0.15, 0.2) is 0 Å². The van der Waals surface area contributed by atoms with Crippen LogP contribution in [0.4, 0.5) is 0 Å². The molecule has 0 spiro atoms. The number of benzene rings is 3. The Morgan fingerprint density at radius 1 is 0.897 bits per heavy atom. The number of piperazine rings is 1. The van der Waals surface area contributed by atoms with Crippen LogP contribution in [0.1, 0.15) is 22.7 Å². The van der Waals surface area contributed by atoms with Crippen molar-refractivity contribution in [3.8, 4) is 16.9 Å². The topological polar surface area (TPSA) is 29.3 Å². The van der Waals surface area contributed by atoms with Gasteiger partial charge in [-0.3, -0.25) is 5.01 Å². The van der Waals surface area contributed by atoms with Gasteiger partial charge >= 0.3 is 0 Å². The molecule has 1 N–H and O–H groups in total. The normalized spacial score (nSPS) is 16.8. The highest BCUT2D eigenvalue weighted by Gasteiger charge is 2.37. The van der Waals surface area contributed by atoms with Gasteiger partial charge in [0.1, 0.15) is 11.8 Å². The van der Waals surface area contributed by atoms with E-state index in [1.54, 1.807) is 12.0 Å².